The minimum absolute atomic E-state index is 0.0550. The fourth-order valence-electron chi connectivity index (χ4n) is 2.30. The fourth-order valence-corrected chi connectivity index (χ4v) is 2.69. The van der Waals surface area contributed by atoms with E-state index in [1.165, 1.54) is 25.7 Å². The van der Waals surface area contributed by atoms with E-state index in [1.54, 1.807) is 0 Å². The second kappa shape index (κ2) is 6.85. The van der Waals surface area contributed by atoms with E-state index in [1.807, 2.05) is 6.07 Å². The molecule has 0 atom stereocenters. The predicted octanol–water partition coefficient (Wildman–Crippen LogP) is 3.91. The molecular weight excluding hydrogens is 318 g/mol. The SMILES string of the molecule is CC(C)(C)c1nc(Br)cc(NCCOC2CCCC2)n1. The molecule has 0 aromatic carbocycles. The van der Waals surface area contributed by atoms with Crippen LogP contribution in [0.1, 0.15) is 52.3 Å². The van der Waals surface area contributed by atoms with E-state index in [0.29, 0.717) is 6.10 Å². The molecule has 0 amide bonds. The molecule has 0 spiro atoms. The summed E-state index contributed by atoms with van der Waals surface area (Å²) >= 11 is 3.45. The van der Waals surface area contributed by atoms with E-state index < -0.39 is 0 Å². The summed E-state index contributed by atoms with van der Waals surface area (Å²) in [6, 6.07) is 1.91. The Morgan fingerprint density at radius 2 is 2.00 bits per heavy atom. The molecule has 1 aromatic heterocycles. The zero-order valence-electron chi connectivity index (χ0n) is 12.6. The van der Waals surface area contributed by atoms with Crippen LogP contribution in [0.5, 0.6) is 0 Å². The highest BCUT2D eigenvalue weighted by Crippen LogP contribution is 2.23. The van der Waals surface area contributed by atoms with Gasteiger partial charge in [-0.25, -0.2) is 9.97 Å². The van der Waals surface area contributed by atoms with Crippen molar-refractivity contribution in [2.45, 2.75) is 58.0 Å². The van der Waals surface area contributed by atoms with Gasteiger partial charge in [0.2, 0.25) is 0 Å². The third kappa shape index (κ3) is 4.70. The monoisotopic (exact) mass is 341 g/mol. The highest BCUT2D eigenvalue weighted by Gasteiger charge is 2.19. The van der Waals surface area contributed by atoms with Crippen LogP contribution in [0.4, 0.5) is 5.82 Å². The Kier molecular flexibility index (Phi) is 5.38. The highest BCUT2D eigenvalue weighted by atomic mass is 79.9. The van der Waals surface area contributed by atoms with Crippen molar-refractivity contribution in [3.8, 4) is 0 Å². The number of ether oxygens (including phenoxy) is 1. The van der Waals surface area contributed by atoms with Crippen LogP contribution in [-0.2, 0) is 10.2 Å². The molecule has 4 nitrogen and oxygen atoms in total. The van der Waals surface area contributed by atoms with Gasteiger partial charge < -0.3 is 10.1 Å². The number of anilines is 1. The van der Waals surface area contributed by atoms with Gasteiger partial charge in [0.1, 0.15) is 16.2 Å². The summed E-state index contributed by atoms with van der Waals surface area (Å²) in [7, 11) is 0. The van der Waals surface area contributed by atoms with Gasteiger partial charge in [0.15, 0.2) is 0 Å². The van der Waals surface area contributed by atoms with Crippen LogP contribution < -0.4 is 5.32 Å². The molecule has 112 valence electrons. The summed E-state index contributed by atoms with van der Waals surface area (Å²) in [4.78, 5) is 9.00. The molecule has 1 aliphatic rings. The van der Waals surface area contributed by atoms with E-state index in [9.17, 15) is 0 Å². The van der Waals surface area contributed by atoms with E-state index >= 15 is 0 Å². The maximum atomic E-state index is 5.83. The molecule has 0 saturated heterocycles. The Morgan fingerprint density at radius 1 is 1.30 bits per heavy atom. The lowest BCUT2D eigenvalue weighted by atomic mass is 9.96. The van der Waals surface area contributed by atoms with Crippen LogP contribution in [0.3, 0.4) is 0 Å². The molecule has 1 fully saturated rings. The number of nitrogens with one attached hydrogen (secondary N) is 1. The van der Waals surface area contributed by atoms with E-state index in [2.05, 4.69) is 52.0 Å². The Labute approximate surface area is 129 Å². The summed E-state index contributed by atoms with van der Waals surface area (Å²) in [6.45, 7) is 7.85. The molecule has 1 N–H and O–H groups in total. The molecule has 5 heteroatoms. The third-order valence-electron chi connectivity index (χ3n) is 3.43. The van der Waals surface area contributed by atoms with Gasteiger partial charge in [-0.15, -0.1) is 0 Å². The molecule has 1 heterocycles. The van der Waals surface area contributed by atoms with Crippen molar-refractivity contribution < 1.29 is 4.74 Å². The third-order valence-corrected chi connectivity index (χ3v) is 3.84. The zero-order valence-corrected chi connectivity index (χ0v) is 14.2. The number of rotatable bonds is 5. The number of halogens is 1. The van der Waals surface area contributed by atoms with Crippen molar-refractivity contribution in [1.82, 2.24) is 9.97 Å². The summed E-state index contributed by atoms with van der Waals surface area (Å²) in [5.41, 5.74) is -0.0550. The Hall–Kier alpha value is -0.680. The number of nitrogens with zero attached hydrogens (tertiary/aromatic N) is 2. The topological polar surface area (TPSA) is 47.0 Å². The van der Waals surface area contributed by atoms with Gasteiger partial charge in [0.25, 0.3) is 0 Å². The van der Waals surface area contributed by atoms with Gasteiger partial charge >= 0.3 is 0 Å². The first-order valence-electron chi connectivity index (χ1n) is 7.36. The van der Waals surface area contributed by atoms with Crippen molar-refractivity contribution in [3.05, 3.63) is 16.5 Å². The van der Waals surface area contributed by atoms with Crippen LogP contribution in [0.15, 0.2) is 10.7 Å². The fraction of sp³-hybridized carbons (Fsp3) is 0.733. The number of hydrogen-bond donors (Lipinski definition) is 1. The van der Waals surface area contributed by atoms with Crippen LogP contribution in [0.25, 0.3) is 0 Å². The van der Waals surface area contributed by atoms with E-state index in [0.717, 1.165) is 29.4 Å². The first-order chi connectivity index (χ1) is 9.45. The molecule has 0 bridgehead atoms. The summed E-state index contributed by atoms with van der Waals surface area (Å²) < 4.78 is 6.65. The minimum Gasteiger partial charge on any atom is -0.376 e. The predicted molar refractivity (Wildman–Crippen MR) is 85.1 cm³/mol. The molecule has 1 aromatic rings. The molecule has 1 aliphatic carbocycles. The largest absolute Gasteiger partial charge is 0.376 e. The average molecular weight is 342 g/mol. The lowest BCUT2D eigenvalue weighted by Gasteiger charge is -2.18. The first kappa shape index (κ1) is 15.7. The molecule has 0 aliphatic heterocycles. The van der Waals surface area contributed by atoms with Crippen molar-refractivity contribution in [2.24, 2.45) is 0 Å². The van der Waals surface area contributed by atoms with Gasteiger partial charge in [0, 0.05) is 18.0 Å². The second-order valence-electron chi connectivity index (χ2n) is 6.35. The number of hydrogen-bond acceptors (Lipinski definition) is 4. The average Bonchev–Trinajstić information content (AvgIpc) is 2.86. The van der Waals surface area contributed by atoms with E-state index in [-0.39, 0.29) is 5.41 Å². The lowest BCUT2D eigenvalue weighted by Crippen LogP contribution is -2.19. The van der Waals surface area contributed by atoms with Crippen LogP contribution in [0, 0.1) is 0 Å². The molecule has 20 heavy (non-hydrogen) atoms. The maximum absolute atomic E-state index is 5.83. The Balaban J connectivity index is 1.84. The van der Waals surface area contributed by atoms with E-state index in [4.69, 9.17) is 4.74 Å². The van der Waals surface area contributed by atoms with Crippen LogP contribution in [0.2, 0.25) is 0 Å². The second-order valence-corrected chi connectivity index (χ2v) is 7.17. The van der Waals surface area contributed by atoms with Gasteiger partial charge in [-0.05, 0) is 28.8 Å². The van der Waals surface area contributed by atoms with Crippen molar-refractivity contribution in [3.63, 3.8) is 0 Å². The molecule has 0 unspecified atom stereocenters. The Bertz CT molecular complexity index is 439. The van der Waals surface area contributed by atoms with Gasteiger partial charge in [-0.1, -0.05) is 33.6 Å². The molecule has 1 saturated carbocycles. The number of aromatic nitrogens is 2. The zero-order chi connectivity index (χ0) is 14.6. The van der Waals surface area contributed by atoms with Crippen LogP contribution >= 0.6 is 15.9 Å². The van der Waals surface area contributed by atoms with Crippen molar-refractivity contribution >= 4 is 21.7 Å². The van der Waals surface area contributed by atoms with Crippen LogP contribution in [-0.4, -0.2) is 29.2 Å². The summed E-state index contributed by atoms with van der Waals surface area (Å²) in [6.07, 6.45) is 5.53. The molecule has 0 radical (unpaired) electrons. The first-order valence-corrected chi connectivity index (χ1v) is 8.15. The quantitative estimate of drug-likeness (QED) is 0.651. The lowest BCUT2D eigenvalue weighted by molar-refractivity contribution is 0.0658. The molecular formula is C15H24BrN3O. The summed E-state index contributed by atoms with van der Waals surface area (Å²) in [5, 5.41) is 3.32. The maximum Gasteiger partial charge on any atom is 0.137 e. The summed E-state index contributed by atoms with van der Waals surface area (Å²) in [5.74, 6) is 1.69. The standard InChI is InChI=1S/C15H24BrN3O/c1-15(2,3)14-18-12(16)10-13(19-14)17-8-9-20-11-6-4-5-7-11/h10-11H,4-9H2,1-3H3,(H,17,18,19). The molecule has 2 rings (SSSR count). The van der Waals surface area contributed by atoms with Crippen molar-refractivity contribution in [2.75, 3.05) is 18.5 Å². The normalized spacial score (nSPS) is 16.6. The minimum atomic E-state index is -0.0550. The highest BCUT2D eigenvalue weighted by molar-refractivity contribution is 9.10. The van der Waals surface area contributed by atoms with Gasteiger partial charge in [-0.3, -0.25) is 0 Å². The smallest absolute Gasteiger partial charge is 0.137 e. The van der Waals surface area contributed by atoms with Crippen molar-refractivity contribution in [1.29, 1.82) is 0 Å². The van der Waals surface area contributed by atoms with Gasteiger partial charge in [-0.2, -0.15) is 0 Å². The van der Waals surface area contributed by atoms with Gasteiger partial charge in [0.05, 0.1) is 12.7 Å². The Morgan fingerprint density at radius 3 is 2.65 bits per heavy atom.